The summed E-state index contributed by atoms with van der Waals surface area (Å²) in [5, 5.41) is 8.93. The molecule has 5 rings (SSSR count). The molecule has 30 heavy (non-hydrogen) atoms. The molecular formula is C23H27BrN4O2. The van der Waals surface area contributed by atoms with Gasteiger partial charge < -0.3 is 4.90 Å². The topological polar surface area (TPSA) is 68.1 Å². The quantitative estimate of drug-likeness (QED) is 0.665. The summed E-state index contributed by atoms with van der Waals surface area (Å²) in [5.74, 6) is 2.64. The third-order valence-electron chi connectivity index (χ3n) is 6.89. The fourth-order valence-electron chi connectivity index (χ4n) is 5.31. The van der Waals surface area contributed by atoms with Crippen LogP contribution in [0.5, 0.6) is 0 Å². The molecule has 158 valence electrons. The molecule has 0 atom stereocenters. The lowest BCUT2D eigenvalue weighted by molar-refractivity contribution is -0.137. The van der Waals surface area contributed by atoms with Crippen molar-refractivity contribution in [2.24, 2.45) is 5.92 Å². The molecule has 0 unspecified atom stereocenters. The molecule has 7 heteroatoms. The number of amides is 1. The molecule has 1 aliphatic carbocycles. The number of halogens is 1. The number of Topliss-reactive ketones (excluding diaryl/α,β-unsaturated/α-hetero) is 1. The number of carbonyl (C=O) groups excluding carboxylic acids is 2. The molecule has 0 spiro atoms. The van der Waals surface area contributed by atoms with Crippen LogP contribution in [0.15, 0.2) is 22.7 Å². The number of likely N-dealkylation sites (tertiary alicyclic amines) is 1. The number of carbonyl (C=O) groups is 2. The Morgan fingerprint density at radius 3 is 2.53 bits per heavy atom. The van der Waals surface area contributed by atoms with Gasteiger partial charge in [0.1, 0.15) is 17.4 Å². The van der Waals surface area contributed by atoms with Gasteiger partial charge in [-0.3, -0.25) is 14.2 Å². The van der Waals surface area contributed by atoms with Gasteiger partial charge in [0.2, 0.25) is 5.91 Å². The standard InChI is InChI=1S/C23H27BrN4O2/c24-18-8-9-20-17(12-18)13-19(29)14-21-25-26-22(28(20)21)15-4-6-16(7-5-15)23(30)27-10-2-1-3-11-27/h8-9,12,15-16H,1-7,10-11,13-14H2/t15-,16-. The SMILES string of the molecule is O=C1Cc2cc(Br)ccc2-n2c(nnc2[C@H]2CC[C@H](C(=O)N3CCCCC3)CC2)C1. The van der Waals surface area contributed by atoms with E-state index >= 15 is 0 Å². The van der Waals surface area contributed by atoms with Crippen LogP contribution in [0, 0.1) is 5.92 Å². The highest BCUT2D eigenvalue weighted by molar-refractivity contribution is 9.10. The van der Waals surface area contributed by atoms with Crippen LogP contribution >= 0.6 is 15.9 Å². The molecule has 0 radical (unpaired) electrons. The number of hydrogen-bond acceptors (Lipinski definition) is 4. The summed E-state index contributed by atoms with van der Waals surface area (Å²) in [7, 11) is 0. The Morgan fingerprint density at radius 1 is 1.00 bits per heavy atom. The molecule has 2 aromatic rings. The van der Waals surface area contributed by atoms with Gasteiger partial charge in [-0.05, 0) is 68.7 Å². The fourth-order valence-corrected chi connectivity index (χ4v) is 5.72. The highest BCUT2D eigenvalue weighted by atomic mass is 79.9. The van der Waals surface area contributed by atoms with Crippen molar-refractivity contribution in [2.75, 3.05) is 13.1 Å². The first-order chi connectivity index (χ1) is 14.6. The van der Waals surface area contributed by atoms with Crippen molar-refractivity contribution < 1.29 is 9.59 Å². The van der Waals surface area contributed by atoms with Crippen molar-refractivity contribution in [2.45, 2.75) is 63.7 Å². The zero-order chi connectivity index (χ0) is 20.7. The van der Waals surface area contributed by atoms with Crippen LogP contribution in [0.2, 0.25) is 0 Å². The number of benzene rings is 1. The second-order valence-corrected chi connectivity index (χ2v) is 9.83. The lowest BCUT2D eigenvalue weighted by Crippen LogP contribution is -2.40. The van der Waals surface area contributed by atoms with E-state index in [1.54, 1.807) is 0 Å². The monoisotopic (exact) mass is 470 g/mol. The van der Waals surface area contributed by atoms with E-state index in [1.165, 1.54) is 6.42 Å². The molecule has 3 aliphatic rings. The summed E-state index contributed by atoms with van der Waals surface area (Å²) in [6, 6.07) is 6.09. The number of fused-ring (bicyclic) bond motifs is 3. The van der Waals surface area contributed by atoms with E-state index in [4.69, 9.17) is 0 Å². The molecule has 1 aromatic heterocycles. The molecule has 0 N–H and O–H groups in total. The minimum Gasteiger partial charge on any atom is -0.342 e. The molecule has 1 saturated heterocycles. The molecule has 1 saturated carbocycles. The Balaban J connectivity index is 1.37. The van der Waals surface area contributed by atoms with Crippen molar-refractivity contribution in [1.29, 1.82) is 0 Å². The van der Waals surface area contributed by atoms with Crippen LogP contribution in [-0.4, -0.2) is 44.4 Å². The number of nitrogens with zero attached hydrogens (tertiary/aromatic N) is 4. The van der Waals surface area contributed by atoms with E-state index in [9.17, 15) is 9.59 Å². The first-order valence-corrected chi connectivity index (χ1v) is 11.9. The highest BCUT2D eigenvalue weighted by Gasteiger charge is 2.34. The maximum atomic E-state index is 12.9. The van der Waals surface area contributed by atoms with Crippen LogP contribution in [0.1, 0.15) is 68.1 Å². The lowest BCUT2D eigenvalue weighted by Gasteiger charge is -2.33. The second-order valence-electron chi connectivity index (χ2n) is 8.91. The van der Waals surface area contributed by atoms with Crippen molar-refractivity contribution in [3.8, 4) is 5.69 Å². The van der Waals surface area contributed by atoms with E-state index in [0.29, 0.717) is 18.7 Å². The zero-order valence-corrected chi connectivity index (χ0v) is 18.7. The summed E-state index contributed by atoms with van der Waals surface area (Å²) in [6.07, 6.45) is 7.99. The summed E-state index contributed by atoms with van der Waals surface area (Å²) in [6.45, 7) is 1.85. The van der Waals surface area contributed by atoms with Crippen LogP contribution < -0.4 is 0 Å². The van der Waals surface area contributed by atoms with Gasteiger partial charge in [-0.1, -0.05) is 15.9 Å². The van der Waals surface area contributed by atoms with Gasteiger partial charge in [-0.15, -0.1) is 10.2 Å². The Bertz CT molecular complexity index is 972. The van der Waals surface area contributed by atoms with Crippen LogP contribution in [0.4, 0.5) is 0 Å². The third-order valence-corrected chi connectivity index (χ3v) is 7.38. The molecule has 1 aromatic carbocycles. The second kappa shape index (κ2) is 8.25. The average Bonchev–Trinajstić information content (AvgIpc) is 3.11. The first kappa shape index (κ1) is 19.9. The number of ketones is 1. The van der Waals surface area contributed by atoms with E-state index in [-0.39, 0.29) is 17.6 Å². The minimum atomic E-state index is 0.149. The number of hydrogen-bond donors (Lipinski definition) is 0. The fraction of sp³-hybridized carbons (Fsp3) is 0.565. The maximum Gasteiger partial charge on any atom is 0.225 e. The normalized spacial score (nSPS) is 24.2. The molecule has 2 aliphatic heterocycles. The molecule has 0 bridgehead atoms. The van der Waals surface area contributed by atoms with Gasteiger partial charge in [0.25, 0.3) is 0 Å². The predicted molar refractivity (Wildman–Crippen MR) is 117 cm³/mol. The third kappa shape index (κ3) is 3.72. The molecule has 2 fully saturated rings. The van der Waals surface area contributed by atoms with Crippen LogP contribution in [0.3, 0.4) is 0 Å². The highest BCUT2D eigenvalue weighted by Crippen LogP contribution is 2.38. The zero-order valence-electron chi connectivity index (χ0n) is 17.1. The maximum absolute atomic E-state index is 12.9. The first-order valence-electron chi connectivity index (χ1n) is 11.1. The Kier molecular flexibility index (Phi) is 5.48. The van der Waals surface area contributed by atoms with E-state index in [2.05, 4.69) is 41.7 Å². The van der Waals surface area contributed by atoms with Gasteiger partial charge >= 0.3 is 0 Å². The van der Waals surface area contributed by atoms with Crippen molar-refractivity contribution in [3.63, 3.8) is 0 Å². The van der Waals surface area contributed by atoms with Gasteiger partial charge in [0.15, 0.2) is 0 Å². The lowest BCUT2D eigenvalue weighted by atomic mass is 9.80. The molecular weight excluding hydrogens is 444 g/mol. The van der Waals surface area contributed by atoms with E-state index < -0.39 is 0 Å². The van der Waals surface area contributed by atoms with Crippen molar-refractivity contribution >= 4 is 27.6 Å². The largest absolute Gasteiger partial charge is 0.342 e. The predicted octanol–water partition coefficient (Wildman–Crippen LogP) is 3.98. The Hall–Kier alpha value is -2.02. The minimum absolute atomic E-state index is 0.149. The van der Waals surface area contributed by atoms with E-state index in [1.807, 2.05) is 12.1 Å². The van der Waals surface area contributed by atoms with Gasteiger partial charge in [-0.2, -0.15) is 0 Å². The van der Waals surface area contributed by atoms with Gasteiger partial charge in [0.05, 0.1) is 12.1 Å². The number of aromatic nitrogens is 3. The van der Waals surface area contributed by atoms with Crippen molar-refractivity contribution in [3.05, 3.63) is 39.9 Å². The Labute approximate surface area is 185 Å². The number of piperidine rings is 1. The Morgan fingerprint density at radius 2 is 1.77 bits per heavy atom. The summed E-state index contributed by atoms with van der Waals surface area (Å²) < 4.78 is 3.09. The van der Waals surface area contributed by atoms with Crippen LogP contribution in [-0.2, 0) is 22.4 Å². The summed E-state index contributed by atoms with van der Waals surface area (Å²) >= 11 is 3.53. The summed E-state index contributed by atoms with van der Waals surface area (Å²) in [4.78, 5) is 27.4. The number of rotatable bonds is 2. The molecule has 3 heterocycles. The average molecular weight is 471 g/mol. The van der Waals surface area contributed by atoms with Gasteiger partial charge in [0, 0.05) is 35.8 Å². The molecule has 1 amide bonds. The van der Waals surface area contributed by atoms with Crippen LogP contribution in [0.25, 0.3) is 5.69 Å². The molecule has 6 nitrogen and oxygen atoms in total. The van der Waals surface area contributed by atoms with Crippen molar-refractivity contribution in [1.82, 2.24) is 19.7 Å². The van der Waals surface area contributed by atoms with Gasteiger partial charge in [-0.25, -0.2) is 0 Å². The smallest absolute Gasteiger partial charge is 0.225 e. The van der Waals surface area contributed by atoms with E-state index in [0.717, 1.165) is 79.0 Å². The summed E-state index contributed by atoms with van der Waals surface area (Å²) in [5.41, 5.74) is 2.04.